The first kappa shape index (κ1) is 18.1. The quantitative estimate of drug-likeness (QED) is 0.723. The second-order valence-corrected chi connectivity index (χ2v) is 5.00. The Labute approximate surface area is 126 Å². The number of ether oxygens (including phenoxy) is 1. The van der Waals surface area contributed by atoms with Crippen LogP contribution in [0.4, 0.5) is 23.7 Å². The van der Waals surface area contributed by atoms with E-state index in [0.717, 1.165) is 12.1 Å². The van der Waals surface area contributed by atoms with Crippen molar-refractivity contribution in [3.63, 3.8) is 0 Å². The smallest absolute Gasteiger partial charge is 0.387 e. The van der Waals surface area contributed by atoms with Crippen molar-refractivity contribution in [2.24, 2.45) is 5.92 Å². The van der Waals surface area contributed by atoms with Gasteiger partial charge in [0.2, 0.25) is 0 Å². The fourth-order valence-corrected chi connectivity index (χ4v) is 1.61. The molecule has 0 aliphatic carbocycles. The van der Waals surface area contributed by atoms with Crippen LogP contribution in [-0.2, 0) is 0 Å². The second kappa shape index (κ2) is 8.47. The molecule has 0 heterocycles. The number of urea groups is 1. The van der Waals surface area contributed by atoms with Crippen molar-refractivity contribution in [1.82, 2.24) is 5.32 Å². The monoisotopic (exact) mass is 320 g/mol. The van der Waals surface area contributed by atoms with E-state index < -0.39 is 30.3 Å². The molecule has 8 heteroatoms. The fraction of sp³-hybridized carbons (Fsp3) is 0.500. The molecule has 1 atom stereocenters. The molecule has 5 nitrogen and oxygen atoms in total. The minimum Gasteiger partial charge on any atom is -0.432 e. The van der Waals surface area contributed by atoms with Gasteiger partial charge in [0.15, 0.2) is 11.6 Å². The first-order chi connectivity index (χ1) is 10.3. The molecule has 1 aromatic carbocycles. The maximum Gasteiger partial charge on any atom is 0.387 e. The summed E-state index contributed by atoms with van der Waals surface area (Å²) in [5.41, 5.74) is 0.0982. The zero-order valence-electron chi connectivity index (χ0n) is 12.3. The molecule has 0 aliphatic rings. The van der Waals surface area contributed by atoms with E-state index in [1.807, 2.05) is 13.8 Å². The highest BCUT2D eigenvalue weighted by Gasteiger charge is 2.12. The third-order valence-electron chi connectivity index (χ3n) is 2.90. The van der Waals surface area contributed by atoms with Gasteiger partial charge in [-0.3, -0.25) is 0 Å². The van der Waals surface area contributed by atoms with E-state index in [0.29, 0.717) is 6.42 Å². The Morgan fingerprint density at radius 1 is 1.36 bits per heavy atom. The summed E-state index contributed by atoms with van der Waals surface area (Å²) in [5, 5.41) is 14.4. The number of aliphatic hydroxyl groups excluding tert-OH is 1. The normalized spacial score (nSPS) is 12.4. The standard InChI is InChI=1S/C14H19F3N2O3/c1-8(2)11(20)5-6-18-14(21)19-9-3-4-12(10(15)7-9)22-13(16)17/h3-4,7-8,11,13,20H,5-6H2,1-2H3,(H2,18,19,21). The lowest BCUT2D eigenvalue weighted by molar-refractivity contribution is -0.0521. The Morgan fingerprint density at radius 2 is 2.05 bits per heavy atom. The Balaban J connectivity index is 2.46. The van der Waals surface area contributed by atoms with Crippen molar-refractivity contribution < 1.29 is 27.8 Å². The number of anilines is 1. The average Bonchev–Trinajstić information content (AvgIpc) is 2.41. The topological polar surface area (TPSA) is 70.6 Å². The summed E-state index contributed by atoms with van der Waals surface area (Å²) in [6, 6.07) is 2.53. The van der Waals surface area contributed by atoms with Crippen LogP contribution in [-0.4, -0.2) is 30.4 Å². The van der Waals surface area contributed by atoms with Crippen LogP contribution in [0.5, 0.6) is 5.75 Å². The lowest BCUT2D eigenvalue weighted by Crippen LogP contribution is -2.32. The molecule has 0 saturated heterocycles. The summed E-state index contributed by atoms with van der Waals surface area (Å²) in [7, 11) is 0. The van der Waals surface area contributed by atoms with Gasteiger partial charge in [-0.25, -0.2) is 9.18 Å². The van der Waals surface area contributed by atoms with Gasteiger partial charge in [-0.05, 0) is 24.5 Å². The summed E-state index contributed by atoms with van der Waals surface area (Å²) >= 11 is 0. The predicted molar refractivity (Wildman–Crippen MR) is 75.5 cm³/mol. The van der Waals surface area contributed by atoms with E-state index in [9.17, 15) is 23.1 Å². The molecule has 0 spiro atoms. The van der Waals surface area contributed by atoms with Crippen LogP contribution in [0.1, 0.15) is 20.3 Å². The van der Waals surface area contributed by atoms with E-state index >= 15 is 0 Å². The van der Waals surface area contributed by atoms with Gasteiger partial charge in [0, 0.05) is 18.3 Å². The Bertz CT molecular complexity index is 498. The van der Waals surface area contributed by atoms with E-state index in [4.69, 9.17) is 0 Å². The number of halogens is 3. The molecule has 3 N–H and O–H groups in total. The fourth-order valence-electron chi connectivity index (χ4n) is 1.61. The maximum atomic E-state index is 13.4. The molecule has 2 amide bonds. The van der Waals surface area contributed by atoms with Crippen molar-refractivity contribution in [1.29, 1.82) is 0 Å². The summed E-state index contributed by atoms with van der Waals surface area (Å²) in [6.45, 7) is 0.844. The highest BCUT2D eigenvalue weighted by Crippen LogP contribution is 2.22. The third-order valence-corrected chi connectivity index (χ3v) is 2.90. The van der Waals surface area contributed by atoms with Gasteiger partial charge in [-0.2, -0.15) is 8.78 Å². The average molecular weight is 320 g/mol. The van der Waals surface area contributed by atoms with Crippen molar-refractivity contribution in [3.05, 3.63) is 24.0 Å². The van der Waals surface area contributed by atoms with Gasteiger partial charge in [-0.1, -0.05) is 13.8 Å². The molecular weight excluding hydrogens is 301 g/mol. The number of hydrogen-bond donors (Lipinski definition) is 3. The summed E-state index contributed by atoms with van der Waals surface area (Å²) in [4.78, 5) is 11.6. The maximum absolute atomic E-state index is 13.4. The summed E-state index contributed by atoms with van der Waals surface area (Å²) < 4.78 is 41.4. The predicted octanol–water partition coefficient (Wildman–Crippen LogP) is 2.96. The Hall–Kier alpha value is -1.96. The Morgan fingerprint density at radius 3 is 2.59 bits per heavy atom. The molecule has 0 bridgehead atoms. The van der Waals surface area contributed by atoms with Crippen LogP contribution in [0.25, 0.3) is 0 Å². The molecule has 1 rings (SSSR count). The molecule has 22 heavy (non-hydrogen) atoms. The van der Waals surface area contributed by atoms with Crippen LogP contribution >= 0.6 is 0 Å². The van der Waals surface area contributed by atoms with Crippen LogP contribution < -0.4 is 15.4 Å². The minimum atomic E-state index is -3.12. The largest absolute Gasteiger partial charge is 0.432 e. The van der Waals surface area contributed by atoms with E-state index in [1.54, 1.807) is 0 Å². The lowest BCUT2D eigenvalue weighted by atomic mass is 10.0. The van der Waals surface area contributed by atoms with Gasteiger partial charge in [-0.15, -0.1) is 0 Å². The minimum absolute atomic E-state index is 0.0846. The summed E-state index contributed by atoms with van der Waals surface area (Å²) in [5.74, 6) is -1.52. The number of amides is 2. The van der Waals surface area contributed by atoms with Crippen LogP contribution in [0.15, 0.2) is 18.2 Å². The number of benzene rings is 1. The zero-order valence-corrected chi connectivity index (χ0v) is 12.3. The first-order valence-electron chi connectivity index (χ1n) is 6.77. The molecule has 0 radical (unpaired) electrons. The molecule has 1 unspecified atom stereocenters. The molecular formula is C14H19F3N2O3. The number of nitrogens with one attached hydrogen (secondary N) is 2. The van der Waals surface area contributed by atoms with Gasteiger partial charge in [0.05, 0.1) is 6.10 Å². The van der Waals surface area contributed by atoms with Crippen LogP contribution in [0, 0.1) is 11.7 Å². The number of rotatable bonds is 7. The molecule has 124 valence electrons. The number of hydrogen-bond acceptors (Lipinski definition) is 3. The molecule has 0 aromatic heterocycles. The molecule has 0 fully saturated rings. The van der Waals surface area contributed by atoms with Gasteiger partial charge in [0.1, 0.15) is 0 Å². The lowest BCUT2D eigenvalue weighted by Gasteiger charge is -2.15. The van der Waals surface area contributed by atoms with Crippen molar-refractivity contribution in [3.8, 4) is 5.75 Å². The van der Waals surface area contributed by atoms with E-state index in [1.165, 1.54) is 6.07 Å². The zero-order chi connectivity index (χ0) is 16.7. The highest BCUT2D eigenvalue weighted by atomic mass is 19.3. The van der Waals surface area contributed by atoms with Gasteiger partial charge >= 0.3 is 12.6 Å². The van der Waals surface area contributed by atoms with E-state index in [-0.39, 0.29) is 18.2 Å². The van der Waals surface area contributed by atoms with Crippen molar-refractivity contribution in [2.45, 2.75) is 33.0 Å². The van der Waals surface area contributed by atoms with Crippen LogP contribution in [0.3, 0.4) is 0 Å². The van der Waals surface area contributed by atoms with Gasteiger partial charge in [0.25, 0.3) is 0 Å². The number of alkyl halides is 2. The van der Waals surface area contributed by atoms with Crippen molar-refractivity contribution in [2.75, 3.05) is 11.9 Å². The number of aliphatic hydroxyl groups is 1. The first-order valence-corrected chi connectivity index (χ1v) is 6.77. The number of carbonyl (C=O) groups is 1. The highest BCUT2D eigenvalue weighted by molar-refractivity contribution is 5.89. The molecule has 1 aromatic rings. The van der Waals surface area contributed by atoms with Crippen molar-refractivity contribution >= 4 is 11.7 Å². The second-order valence-electron chi connectivity index (χ2n) is 5.00. The number of carbonyl (C=O) groups excluding carboxylic acids is 1. The third kappa shape index (κ3) is 6.21. The van der Waals surface area contributed by atoms with E-state index in [2.05, 4.69) is 15.4 Å². The summed E-state index contributed by atoms with van der Waals surface area (Å²) in [6.07, 6.45) is -0.135. The van der Waals surface area contributed by atoms with Gasteiger partial charge < -0.3 is 20.5 Å². The molecule has 0 aliphatic heterocycles. The SMILES string of the molecule is CC(C)C(O)CCNC(=O)Nc1ccc(OC(F)F)c(F)c1. The Kier molecular flexibility index (Phi) is 6.97. The molecule has 0 saturated carbocycles. The van der Waals surface area contributed by atoms with Crippen LogP contribution in [0.2, 0.25) is 0 Å².